The Kier molecular flexibility index (Phi) is 5.62. The van der Waals surface area contributed by atoms with Crippen LogP contribution in [0.25, 0.3) is 0 Å². The van der Waals surface area contributed by atoms with Crippen LogP contribution in [0.5, 0.6) is 0 Å². The van der Waals surface area contributed by atoms with E-state index in [1.165, 1.54) is 0 Å². The van der Waals surface area contributed by atoms with Gasteiger partial charge >= 0.3 is 0 Å². The van der Waals surface area contributed by atoms with E-state index in [9.17, 15) is 13.2 Å². The minimum absolute atomic E-state index is 0.239. The molecule has 0 atom stereocenters. The van der Waals surface area contributed by atoms with Crippen molar-refractivity contribution in [1.82, 2.24) is 5.32 Å². The van der Waals surface area contributed by atoms with Gasteiger partial charge in [0.2, 0.25) is 15.9 Å². The molecule has 0 bridgehead atoms. The molecule has 0 saturated carbocycles. The van der Waals surface area contributed by atoms with Crippen molar-refractivity contribution in [3.63, 3.8) is 0 Å². The van der Waals surface area contributed by atoms with Gasteiger partial charge in [-0.2, -0.15) is 0 Å². The highest BCUT2D eigenvalue weighted by Gasteiger charge is 2.23. The van der Waals surface area contributed by atoms with E-state index in [1.807, 2.05) is 62.4 Å². The SMILES string of the molecule is Cc1cccc(C)c1N(CC(=O)NCc1ccccc1)S(C)(=O)=O. The zero-order valence-corrected chi connectivity index (χ0v) is 14.9. The second-order valence-electron chi connectivity index (χ2n) is 5.77. The molecule has 0 unspecified atom stereocenters. The number of para-hydroxylation sites is 1. The topological polar surface area (TPSA) is 66.5 Å². The third kappa shape index (κ3) is 4.58. The highest BCUT2D eigenvalue weighted by molar-refractivity contribution is 7.92. The van der Waals surface area contributed by atoms with E-state index in [4.69, 9.17) is 0 Å². The first-order valence-corrected chi connectivity index (χ1v) is 9.48. The molecule has 0 heterocycles. The van der Waals surface area contributed by atoms with Crippen molar-refractivity contribution in [1.29, 1.82) is 0 Å². The lowest BCUT2D eigenvalue weighted by Crippen LogP contribution is -2.40. The number of hydrogen-bond acceptors (Lipinski definition) is 3. The maximum Gasteiger partial charge on any atom is 0.241 e. The minimum Gasteiger partial charge on any atom is -0.350 e. The Morgan fingerprint density at radius 2 is 1.58 bits per heavy atom. The predicted octanol–water partition coefficient (Wildman–Crippen LogP) is 2.39. The van der Waals surface area contributed by atoms with E-state index >= 15 is 0 Å². The van der Waals surface area contributed by atoms with Crippen LogP contribution in [0.15, 0.2) is 48.5 Å². The highest BCUT2D eigenvalue weighted by Crippen LogP contribution is 2.26. The summed E-state index contributed by atoms with van der Waals surface area (Å²) in [5.41, 5.74) is 3.16. The van der Waals surface area contributed by atoms with E-state index in [0.29, 0.717) is 12.2 Å². The molecule has 0 aliphatic heterocycles. The van der Waals surface area contributed by atoms with Gasteiger partial charge in [-0.25, -0.2) is 8.42 Å². The zero-order chi connectivity index (χ0) is 17.7. The number of carbonyl (C=O) groups excluding carboxylic acids is 1. The van der Waals surface area contributed by atoms with Gasteiger partial charge in [0, 0.05) is 6.54 Å². The summed E-state index contributed by atoms with van der Waals surface area (Å²) in [6.45, 7) is 3.80. The van der Waals surface area contributed by atoms with E-state index in [0.717, 1.165) is 27.3 Å². The van der Waals surface area contributed by atoms with Gasteiger partial charge < -0.3 is 5.32 Å². The third-order valence-electron chi connectivity index (χ3n) is 3.71. The molecule has 1 amide bonds. The smallest absolute Gasteiger partial charge is 0.241 e. The number of rotatable bonds is 6. The maximum absolute atomic E-state index is 12.3. The first-order valence-electron chi connectivity index (χ1n) is 7.63. The third-order valence-corrected chi connectivity index (χ3v) is 4.82. The summed E-state index contributed by atoms with van der Waals surface area (Å²) in [6.07, 6.45) is 1.11. The normalized spacial score (nSPS) is 11.1. The summed E-state index contributed by atoms with van der Waals surface area (Å²) in [5.74, 6) is -0.341. The fourth-order valence-electron chi connectivity index (χ4n) is 2.54. The lowest BCUT2D eigenvalue weighted by molar-refractivity contribution is -0.119. The van der Waals surface area contributed by atoms with Crippen LogP contribution < -0.4 is 9.62 Å². The van der Waals surface area contributed by atoms with Gasteiger partial charge in [-0.15, -0.1) is 0 Å². The number of aryl methyl sites for hydroxylation is 2. The van der Waals surface area contributed by atoms with Crippen LogP contribution in [0.3, 0.4) is 0 Å². The molecule has 0 saturated heterocycles. The van der Waals surface area contributed by atoms with Crippen molar-refractivity contribution in [3.05, 3.63) is 65.2 Å². The predicted molar refractivity (Wildman–Crippen MR) is 96.4 cm³/mol. The molecule has 0 fully saturated rings. The Balaban J connectivity index is 2.17. The molecular weight excluding hydrogens is 324 g/mol. The molecule has 5 nitrogen and oxygen atoms in total. The van der Waals surface area contributed by atoms with Crippen LogP contribution in [0.4, 0.5) is 5.69 Å². The number of amides is 1. The lowest BCUT2D eigenvalue weighted by Gasteiger charge is -2.25. The minimum atomic E-state index is -3.57. The van der Waals surface area contributed by atoms with E-state index in [1.54, 1.807) is 0 Å². The van der Waals surface area contributed by atoms with E-state index < -0.39 is 10.0 Å². The first-order chi connectivity index (χ1) is 11.3. The van der Waals surface area contributed by atoms with Crippen molar-refractivity contribution in [2.24, 2.45) is 0 Å². The van der Waals surface area contributed by atoms with Gasteiger partial charge in [0.15, 0.2) is 0 Å². The quantitative estimate of drug-likeness (QED) is 0.873. The number of benzene rings is 2. The lowest BCUT2D eigenvalue weighted by atomic mass is 10.1. The van der Waals surface area contributed by atoms with E-state index in [-0.39, 0.29) is 12.5 Å². The molecular formula is C18H22N2O3S. The maximum atomic E-state index is 12.3. The fourth-order valence-corrected chi connectivity index (χ4v) is 3.52. The number of carbonyl (C=O) groups is 1. The number of nitrogens with one attached hydrogen (secondary N) is 1. The molecule has 0 aliphatic rings. The average molecular weight is 346 g/mol. The van der Waals surface area contributed by atoms with Crippen LogP contribution in [-0.2, 0) is 21.4 Å². The number of hydrogen-bond donors (Lipinski definition) is 1. The summed E-state index contributed by atoms with van der Waals surface area (Å²) < 4.78 is 25.5. The van der Waals surface area contributed by atoms with Crippen LogP contribution in [-0.4, -0.2) is 27.1 Å². The van der Waals surface area contributed by atoms with Gasteiger partial charge in [-0.3, -0.25) is 9.10 Å². The van der Waals surface area contributed by atoms with Gasteiger partial charge in [0.1, 0.15) is 6.54 Å². The summed E-state index contributed by atoms with van der Waals surface area (Å²) in [7, 11) is -3.57. The Labute approximate surface area is 143 Å². The molecule has 6 heteroatoms. The summed E-state index contributed by atoms with van der Waals surface area (Å²) in [4.78, 5) is 12.3. The van der Waals surface area contributed by atoms with Crippen molar-refractivity contribution in [3.8, 4) is 0 Å². The zero-order valence-electron chi connectivity index (χ0n) is 14.1. The van der Waals surface area contributed by atoms with Crippen molar-refractivity contribution < 1.29 is 13.2 Å². The van der Waals surface area contributed by atoms with Gasteiger partial charge in [-0.05, 0) is 30.5 Å². The molecule has 2 rings (SSSR count). The van der Waals surface area contributed by atoms with Crippen molar-refractivity contribution in [2.45, 2.75) is 20.4 Å². The number of anilines is 1. The summed E-state index contributed by atoms with van der Waals surface area (Å²) in [5, 5.41) is 2.77. The monoisotopic (exact) mass is 346 g/mol. The molecule has 0 aromatic heterocycles. The molecule has 24 heavy (non-hydrogen) atoms. The Morgan fingerprint density at radius 1 is 1.00 bits per heavy atom. The van der Waals surface area contributed by atoms with Crippen LogP contribution in [0, 0.1) is 13.8 Å². The molecule has 2 aromatic carbocycles. The Bertz CT molecular complexity index is 797. The average Bonchev–Trinajstić information content (AvgIpc) is 2.52. The number of nitrogens with zero attached hydrogens (tertiary/aromatic N) is 1. The van der Waals surface area contributed by atoms with E-state index in [2.05, 4.69) is 5.32 Å². The van der Waals surface area contributed by atoms with Crippen molar-refractivity contribution >= 4 is 21.6 Å². The second-order valence-corrected chi connectivity index (χ2v) is 7.68. The van der Waals surface area contributed by atoms with Crippen LogP contribution in [0.1, 0.15) is 16.7 Å². The highest BCUT2D eigenvalue weighted by atomic mass is 32.2. The molecule has 0 radical (unpaired) electrons. The molecule has 0 aliphatic carbocycles. The van der Waals surface area contributed by atoms with Gasteiger partial charge in [-0.1, -0.05) is 48.5 Å². The van der Waals surface area contributed by atoms with Crippen molar-refractivity contribution in [2.75, 3.05) is 17.1 Å². The van der Waals surface area contributed by atoms with Gasteiger partial charge in [0.25, 0.3) is 0 Å². The van der Waals surface area contributed by atoms with Crippen LogP contribution >= 0.6 is 0 Å². The van der Waals surface area contributed by atoms with Crippen LogP contribution in [0.2, 0.25) is 0 Å². The van der Waals surface area contributed by atoms with Gasteiger partial charge in [0.05, 0.1) is 11.9 Å². The molecule has 128 valence electrons. The fraction of sp³-hybridized carbons (Fsp3) is 0.278. The summed E-state index contributed by atoms with van der Waals surface area (Å²) in [6, 6.07) is 15.0. The standard InChI is InChI=1S/C18H22N2O3S/c1-14-8-7-9-15(2)18(14)20(24(3,22)23)13-17(21)19-12-16-10-5-4-6-11-16/h4-11H,12-13H2,1-3H3,(H,19,21). The Hall–Kier alpha value is -2.34. The summed E-state index contributed by atoms with van der Waals surface area (Å²) >= 11 is 0. The number of sulfonamides is 1. The molecule has 2 aromatic rings. The second kappa shape index (κ2) is 7.49. The molecule has 1 N–H and O–H groups in total. The molecule has 0 spiro atoms. The largest absolute Gasteiger partial charge is 0.350 e. The Morgan fingerprint density at radius 3 is 2.12 bits per heavy atom. The first kappa shape index (κ1) is 18.0.